The van der Waals surface area contributed by atoms with Crippen LogP contribution in [0.5, 0.6) is 0 Å². The van der Waals surface area contributed by atoms with Crippen LogP contribution in [-0.2, 0) is 30.3 Å². The molecule has 2 aliphatic rings. The summed E-state index contributed by atoms with van der Waals surface area (Å²) in [5.74, 6) is -3.07. The molecule has 5 aromatic rings. The fourth-order valence-electron chi connectivity index (χ4n) is 7.67. The molecule has 7 rings (SSSR count). The number of nitrogens with one attached hydrogen (secondary N) is 2. The van der Waals surface area contributed by atoms with Crippen LogP contribution in [0.4, 0.5) is 26.7 Å². The van der Waals surface area contributed by atoms with Crippen LogP contribution in [0.3, 0.4) is 0 Å². The summed E-state index contributed by atoms with van der Waals surface area (Å²) in [4.78, 5) is 86.9. The summed E-state index contributed by atoms with van der Waals surface area (Å²) in [6, 6.07) is 16.2. The molecule has 2 saturated heterocycles. The molecule has 0 aliphatic carbocycles. The summed E-state index contributed by atoms with van der Waals surface area (Å²) in [7, 11) is 0. The quantitative estimate of drug-likeness (QED) is 0.114. The number of nitrogens with zero attached hydrogens (tertiary/aromatic N) is 8. The van der Waals surface area contributed by atoms with E-state index in [0.29, 0.717) is 58.8 Å². The summed E-state index contributed by atoms with van der Waals surface area (Å²) >= 11 is 6.36. The third-order valence-electron chi connectivity index (χ3n) is 10.8. The molecule has 2 aliphatic heterocycles. The van der Waals surface area contributed by atoms with Crippen molar-refractivity contribution in [2.45, 2.75) is 78.0 Å². The highest BCUT2D eigenvalue weighted by Gasteiger charge is 2.41. The summed E-state index contributed by atoms with van der Waals surface area (Å²) in [5.41, 5.74) is 0.572. The van der Waals surface area contributed by atoms with Gasteiger partial charge in [0.2, 0.25) is 5.91 Å². The highest BCUT2D eigenvalue weighted by atomic mass is 35.5. The lowest BCUT2D eigenvalue weighted by molar-refractivity contribution is -0.149. The van der Waals surface area contributed by atoms with Gasteiger partial charge in [-0.2, -0.15) is 4.68 Å². The minimum absolute atomic E-state index is 0.0120. The van der Waals surface area contributed by atoms with Crippen molar-refractivity contribution in [2.24, 2.45) is 5.92 Å². The van der Waals surface area contributed by atoms with Crippen LogP contribution in [0, 0.1) is 5.92 Å². The number of halogens is 1. The Labute approximate surface area is 379 Å². The van der Waals surface area contributed by atoms with Gasteiger partial charge in [-0.05, 0) is 131 Å². The third-order valence-corrected chi connectivity index (χ3v) is 11.0. The van der Waals surface area contributed by atoms with Crippen molar-refractivity contribution in [1.29, 1.82) is 0 Å². The van der Waals surface area contributed by atoms with Crippen molar-refractivity contribution in [2.75, 3.05) is 48.3 Å². The van der Waals surface area contributed by atoms with Crippen molar-refractivity contribution in [3.05, 3.63) is 89.3 Å². The second kappa shape index (κ2) is 18.7. The lowest BCUT2D eigenvalue weighted by atomic mass is 9.98. The number of benzene rings is 3. The zero-order valence-corrected chi connectivity index (χ0v) is 37.7. The molecule has 0 bridgehead atoms. The smallest absolute Gasteiger partial charge is 0.419 e. The number of hydrogen-bond acceptors (Lipinski definition) is 12. The first kappa shape index (κ1) is 46.1. The molecule has 2 aromatic heterocycles. The molecule has 3 N–H and O–H groups in total. The van der Waals surface area contributed by atoms with Gasteiger partial charge in [-0.25, -0.2) is 19.0 Å². The Morgan fingerprint density at radius 3 is 2.15 bits per heavy atom. The summed E-state index contributed by atoms with van der Waals surface area (Å²) in [6.45, 7) is 11.3. The average molecular weight is 911 g/mol. The van der Waals surface area contributed by atoms with Crippen LogP contribution in [0.1, 0.15) is 70.4 Å². The van der Waals surface area contributed by atoms with E-state index in [4.69, 9.17) is 21.1 Å². The largest absolute Gasteiger partial charge is 0.455 e. The molecule has 65 heavy (non-hydrogen) atoms. The average Bonchev–Trinajstić information content (AvgIpc) is 3.92. The first-order valence-electron chi connectivity index (χ1n) is 21.1. The zero-order chi connectivity index (χ0) is 46.8. The van der Waals surface area contributed by atoms with Gasteiger partial charge in [-0.1, -0.05) is 23.7 Å². The van der Waals surface area contributed by atoms with Gasteiger partial charge in [0.1, 0.15) is 29.3 Å². The number of aromatic nitrogens is 5. The number of piperidine rings is 1. The van der Waals surface area contributed by atoms with Gasteiger partial charge in [0.15, 0.2) is 0 Å². The lowest BCUT2D eigenvalue weighted by Gasteiger charge is -2.38. The third kappa shape index (κ3) is 10.7. The predicted molar refractivity (Wildman–Crippen MR) is 240 cm³/mol. The van der Waals surface area contributed by atoms with Gasteiger partial charge in [-0.3, -0.25) is 14.4 Å². The molecular weight excluding hydrogens is 860 g/mol. The molecule has 342 valence electrons. The Morgan fingerprint density at radius 2 is 1.51 bits per heavy atom. The molecule has 3 aromatic carbocycles. The number of hydrogen-bond donors (Lipinski definition) is 3. The first-order valence-corrected chi connectivity index (χ1v) is 21.5. The number of carbonyl (C=O) groups is 6. The molecule has 0 radical (unpaired) electrons. The summed E-state index contributed by atoms with van der Waals surface area (Å²) in [5, 5.41) is 27.3. The van der Waals surface area contributed by atoms with Gasteiger partial charge in [0.25, 0.3) is 0 Å². The number of ether oxygens (including phenoxy) is 2. The van der Waals surface area contributed by atoms with Gasteiger partial charge in [0, 0.05) is 61.0 Å². The number of aliphatic hydroxyl groups excluding tert-OH is 1. The number of urea groups is 1. The van der Waals surface area contributed by atoms with E-state index in [1.54, 1.807) is 101 Å². The Morgan fingerprint density at radius 1 is 0.815 bits per heavy atom. The Balaban J connectivity index is 1.17. The van der Waals surface area contributed by atoms with Gasteiger partial charge >= 0.3 is 29.9 Å². The van der Waals surface area contributed by atoms with E-state index in [1.807, 2.05) is 0 Å². The van der Waals surface area contributed by atoms with E-state index in [0.717, 1.165) is 4.57 Å². The van der Waals surface area contributed by atoms with Gasteiger partial charge in [-0.15, -0.1) is 5.10 Å². The number of rotatable bonds is 10. The van der Waals surface area contributed by atoms with E-state index in [9.17, 15) is 33.9 Å². The molecule has 4 heterocycles. The fraction of sp³-hybridized carbons (Fsp3) is 0.400. The Bertz CT molecular complexity index is 2610. The van der Waals surface area contributed by atoms with E-state index in [-0.39, 0.29) is 55.1 Å². The van der Waals surface area contributed by atoms with Crippen LogP contribution >= 0.6 is 11.6 Å². The van der Waals surface area contributed by atoms with Gasteiger partial charge < -0.3 is 39.9 Å². The van der Waals surface area contributed by atoms with Crippen LogP contribution in [0.25, 0.3) is 16.6 Å². The van der Waals surface area contributed by atoms with Crippen molar-refractivity contribution in [3.8, 4) is 5.69 Å². The number of piperazine rings is 1. The Kier molecular flexibility index (Phi) is 13.3. The number of aliphatic hydroxyl groups is 1. The second-order valence-electron chi connectivity index (χ2n) is 17.9. The maximum atomic E-state index is 14.5. The number of fused-ring (bicyclic) bond motifs is 1. The molecule has 1 atom stereocenters. The van der Waals surface area contributed by atoms with Crippen molar-refractivity contribution < 1.29 is 43.3 Å². The fourth-order valence-corrected chi connectivity index (χ4v) is 7.84. The van der Waals surface area contributed by atoms with Gasteiger partial charge in [0.05, 0.1) is 16.9 Å². The molecule has 19 nitrogen and oxygen atoms in total. The van der Waals surface area contributed by atoms with Crippen molar-refractivity contribution in [3.63, 3.8) is 0 Å². The van der Waals surface area contributed by atoms with Crippen LogP contribution in [-0.4, -0.2) is 126 Å². The normalized spacial score (nSPS) is 15.5. The highest BCUT2D eigenvalue weighted by Crippen LogP contribution is 2.31. The molecule has 5 amide bonds. The number of carbonyl (C=O) groups excluding carboxylic acids is 6. The SMILES string of the molecule is CC(C)(C)OC(=O)c1cc2cc(NC(=O)C(Cc3ccc(NC(=O)N4CCC(CO)CC4)cc3)N3CCN(c4cc(Cl)ccc4-n4cnnn4)C(=O)C3=O)ccc2n1C(=O)OC(C)(C)C. The number of esters is 1. The van der Waals surface area contributed by atoms with Crippen molar-refractivity contribution in [1.82, 2.24) is 34.6 Å². The molecular formula is C45H51ClN10O9. The minimum Gasteiger partial charge on any atom is -0.455 e. The topological polar surface area (TPSA) is 223 Å². The maximum Gasteiger partial charge on any atom is 0.419 e. The van der Waals surface area contributed by atoms with Crippen LogP contribution < -0.4 is 15.5 Å². The first-order chi connectivity index (χ1) is 30.8. The molecule has 20 heteroatoms. The highest BCUT2D eigenvalue weighted by molar-refractivity contribution is 6.41. The number of anilines is 3. The standard InChI is InChI=1S/C45H51ClN10O9/c1-44(2,3)64-41(61)37-23-29-22-32(12-14-33(29)56(37)43(63)65-45(4,5)6)48-38(58)36(21-27-7-10-31(11-8-27)49-42(62)52-17-15-28(25-57)16-18-52)54-20-19-53(39(59)40(54)60)35-24-30(46)9-13-34(35)55-26-47-50-51-55/h7-14,22-24,26,28,36,57H,15-21,25H2,1-6H3,(H,48,58)(H,49,62). The van der Waals surface area contributed by atoms with E-state index < -0.39 is 47.0 Å². The Hall–Kier alpha value is -6.86. The maximum absolute atomic E-state index is 14.5. The van der Waals surface area contributed by atoms with Crippen molar-refractivity contribution >= 4 is 75.4 Å². The van der Waals surface area contributed by atoms with E-state index in [2.05, 4.69) is 26.2 Å². The van der Waals surface area contributed by atoms with E-state index >= 15 is 0 Å². The summed E-state index contributed by atoms with van der Waals surface area (Å²) in [6.07, 6.45) is 1.93. The van der Waals surface area contributed by atoms with Crippen LogP contribution in [0.15, 0.2) is 73.1 Å². The molecule has 0 spiro atoms. The molecule has 0 saturated carbocycles. The minimum atomic E-state index is -1.22. The number of amides is 5. The van der Waals surface area contributed by atoms with Crippen LogP contribution in [0.2, 0.25) is 5.02 Å². The molecule has 1 unspecified atom stereocenters. The zero-order valence-electron chi connectivity index (χ0n) is 36.9. The number of tetrazole rings is 1. The lowest BCUT2D eigenvalue weighted by Crippen LogP contribution is -2.60. The molecule has 2 fully saturated rings. The second-order valence-corrected chi connectivity index (χ2v) is 18.3. The predicted octanol–water partition coefficient (Wildman–Crippen LogP) is 5.67. The monoisotopic (exact) mass is 910 g/mol. The van der Waals surface area contributed by atoms with E-state index in [1.165, 1.54) is 32.9 Å². The summed E-state index contributed by atoms with van der Waals surface area (Å²) < 4.78 is 13.7. The number of likely N-dealkylation sites (tertiary alicyclic amines) is 1.